The van der Waals surface area contributed by atoms with Crippen molar-refractivity contribution in [2.75, 3.05) is 12.0 Å². The molecule has 0 saturated heterocycles. The average Bonchev–Trinajstić information content (AvgIpc) is 2.74. The zero-order valence-corrected chi connectivity index (χ0v) is 20.2. The first-order chi connectivity index (χ1) is 15.8. The minimum absolute atomic E-state index is 0.123. The van der Waals surface area contributed by atoms with Gasteiger partial charge in [-0.25, -0.2) is 4.79 Å². The fraction of sp³-hybridized carbons (Fsp3) is 0.700. The van der Waals surface area contributed by atoms with Gasteiger partial charge in [0.2, 0.25) is 17.7 Å². The van der Waals surface area contributed by atoms with Gasteiger partial charge in [0.15, 0.2) is 0 Å². The van der Waals surface area contributed by atoms with Crippen LogP contribution in [0.4, 0.5) is 0 Å². The number of thioether (sulfide) groups is 1. The number of carbonyl (C=O) groups excluding carboxylic acids is 3. The van der Waals surface area contributed by atoms with E-state index >= 15 is 0 Å². The summed E-state index contributed by atoms with van der Waals surface area (Å²) in [6.45, 7) is 3.24. The summed E-state index contributed by atoms with van der Waals surface area (Å²) < 4.78 is 0. The predicted molar refractivity (Wildman–Crippen MR) is 123 cm³/mol. The summed E-state index contributed by atoms with van der Waals surface area (Å²) in [5.41, 5.74) is 5.70. The van der Waals surface area contributed by atoms with Crippen molar-refractivity contribution in [3.8, 4) is 0 Å². The zero-order valence-electron chi connectivity index (χ0n) is 19.4. The van der Waals surface area contributed by atoms with Gasteiger partial charge >= 0.3 is 17.9 Å². The molecule has 0 heterocycles. The minimum Gasteiger partial charge on any atom is -0.481 e. The first kappa shape index (κ1) is 31.1. The van der Waals surface area contributed by atoms with Gasteiger partial charge in [0.05, 0.1) is 6.04 Å². The molecule has 0 fully saturated rings. The molecule has 0 aromatic carbocycles. The third-order valence-corrected chi connectivity index (χ3v) is 5.40. The van der Waals surface area contributed by atoms with E-state index in [1.807, 2.05) is 0 Å². The number of amides is 3. The molecule has 0 aromatic rings. The molecule has 0 aliphatic rings. The van der Waals surface area contributed by atoms with E-state index in [0.717, 1.165) is 0 Å². The van der Waals surface area contributed by atoms with E-state index in [4.69, 9.17) is 15.9 Å². The number of hydrogen-bond donors (Lipinski definition) is 7. The van der Waals surface area contributed by atoms with Crippen molar-refractivity contribution in [2.24, 2.45) is 11.7 Å². The van der Waals surface area contributed by atoms with Crippen LogP contribution in [0.25, 0.3) is 0 Å². The molecule has 0 aliphatic heterocycles. The van der Waals surface area contributed by atoms with Gasteiger partial charge in [0.1, 0.15) is 18.1 Å². The van der Waals surface area contributed by atoms with Crippen LogP contribution >= 0.6 is 11.8 Å². The molecule has 0 rings (SSSR count). The molecule has 8 N–H and O–H groups in total. The lowest BCUT2D eigenvalue weighted by molar-refractivity contribution is -0.144. The summed E-state index contributed by atoms with van der Waals surface area (Å²) in [6.07, 6.45) is 0.743. The lowest BCUT2D eigenvalue weighted by Crippen LogP contribution is -2.58. The van der Waals surface area contributed by atoms with E-state index in [-0.39, 0.29) is 25.7 Å². The van der Waals surface area contributed by atoms with Crippen LogP contribution < -0.4 is 21.7 Å². The summed E-state index contributed by atoms with van der Waals surface area (Å²) in [7, 11) is 0. The van der Waals surface area contributed by atoms with Crippen LogP contribution in [-0.4, -0.2) is 87.1 Å². The van der Waals surface area contributed by atoms with E-state index in [0.29, 0.717) is 5.75 Å². The van der Waals surface area contributed by atoms with Crippen LogP contribution in [0.5, 0.6) is 0 Å². The molecule has 0 radical (unpaired) electrons. The number of aliphatic carboxylic acids is 3. The number of rotatable bonds is 17. The third-order valence-electron chi connectivity index (χ3n) is 4.76. The van der Waals surface area contributed by atoms with Gasteiger partial charge in [-0.1, -0.05) is 13.8 Å². The van der Waals surface area contributed by atoms with Crippen LogP contribution in [0, 0.1) is 5.92 Å². The Morgan fingerprint density at radius 3 is 1.76 bits per heavy atom. The lowest BCUT2D eigenvalue weighted by Gasteiger charge is -2.27. The Labute approximate surface area is 201 Å². The van der Waals surface area contributed by atoms with Crippen LogP contribution in [0.1, 0.15) is 46.0 Å². The van der Waals surface area contributed by atoms with E-state index in [1.165, 1.54) is 11.8 Å². The molecule has 0 aliphatic carbocycles. The third kappa shape index (κ3) is 12.4. The molecular weight excluding hydrogens is 472 g/mol. The monoisotopic (exact) mass is 506 g/mol. The highest BCUT2D eigenvalue weighted by Gasteiger charge is 2.32. The van der Waals surface area contributed by atoms with Crippen LogP contribution in [0.2, 0.25) is 0 Å². The Kier molecular flexibility index (Phi) is 14.5. The Morgan fingerprint density at radius 1 is 0.765 bits per heavy atom. The Hall–Kier alpha value is -2.87. The van der Waals surface area contributed by atoms with Crippen molar-refractivity contribution in [3.63, 3.8) is 0 Å². The Balaban J connectivity index is 5.36. The SMILES string of the molecule is CSCCC(NC(=O)C(N)CCC(=O)O)C(=O)NC(C(=O)NC(CCC(=O)O)C(=O)O)C(C)C. The Morgan fingerprint density at radius 2 is 1.29 bits per heavy atom. The summed E-state index contributed by atoms with van der Waals surface area (Å²) >= 11 is 1.42. The van der Waals surface area contributed by atoms with Crippen molar-refractivity contribution in [3.05, 3.63) is 0 Å². The zero-order chi connectivity index (χ0) is 26.4. The maximum Gasteiger partial charge on any atom is 0.326 e. The number of hydrogen-bond acceptors (Lipinski definition) is 8. The van der Waals surface area contributed by atoms with Crippen LogP contribution in [-0.2, 0) is 28.8 Å². The summed E-state index contributed by atoms with van der Waals surface area (Å²) in [5, 5.41) is 34.0. The van der Waals surface area contributed by atoms with Gasteiger partial charge in [-0.2, -0.15) is 11.8 Å². The molecule has 4 atom stereocenters. The van der Waals surface area contributed by atoms with Gasteiger partial charge in [0, 0.05) is 12.8 Å². The van der Waals surface area contributed by atoms with Crippen molar-refractivity contribution >= 4 is 47.4 Å². The molecule has 14 heteroatoms. The Bertz CT molecular complexity index is 748. The van der Waals surface area contributed by atoms with Gasteiger partial charge in [-0.05, 0) is 37.2 Å². The highest BCUT2D eigenvalue weighted by Crippen LogP contribution is 2.08. The van der Waals surface area contributed by atoms with Crippen molar-refractivity contribution in [2.45, 2.75) is 70.1 Å². The topological polar surface area (TPSA) is 225 Å². The smallest absolute Gasteiger partial charge is 0.326 e. The standard InChI is InChI=1S/C20H34N4O9S/c1-10(2)16(19(31)23-13(20(32)33)5-7-15(27)28)24-18(30)12(8-9-34-3)22-17(29)11(21)4-6-14(25)26/h10-13,16H,4-9,21H2,1-3H3,(H,22,29)(H,23,31)(H,24,30)(H,25,26)(H,27,28)(H,32,33). The van der Waals surface area contributed by atoms with Crippen LogP contribution in [0.15, 0.2) is 0 Å². The van der Waals surface area contributed by atoms with Gasteiger partial charge in [-0.3, -0.25) is 24.0 Å². The number of nitrogens with one attached hydrogen (secondary N) is 3. The van der Waals surface area contributed by atoms with E-state index < -0.39 is 72.1 Å². The lowest BCUT2D eigenvalue weighted by atomic mass is 10.0. The average molecular weight is 507 g/mol. The number of carbonyl (C=O) groups is 6. The molecule has 3 amide bonds. The van der Waals surface area contributed by atoms with Crippen molar-refractivity contribution < 1.29 is 44.1 Å². The van der Waals surface area contributed by atoms with E-state index in [1.54, 1.807) is 20.1 Å². The molecule has 4 unspecified atom stereocenters. The van der Waals surface area contributed by atoms with Crippen molar-refractivity contribution in [1.29, 1.82) is 0 Å². The van der Waals surface area contributed by atoms with E-state index in [2.05, 4.69) is 16.0 Å². The molecule has 13 nitrogen and oxygen atoms in total. The maximum atomic E-state index is 12.9. The minimum atomic E-state index is -1.46. The first-order valence-corrected chi connectivity index (χ1v) is 12.0. The van der Waals surface area contributed by atoms with Gasteiger partial charge < -0.3 is 37.0 Å². The summed E-state index contributed by atoms with van der Waals surface area (Å²) in [4.78, 5) is 70.7. The second-order valence-electron chi connectivity index (χ2n) is 7.94. The highest BCUT2D eigenvalue weighted by molar-refractivity contribution is 7.98. The largest absolute Gasteiger partial charge is 0.481 e. The predicted octanol–water partition coefficient (Wildman–Crippen LogP) is -1.01. The van der Waals surface area contributed by atoms with Gasteiger partial charge in [-0.15, -0.1) is 0 Å². The van der Waals surface area contributed by atoms with Gasteiger partial charge in [0.25, 0.3) is 0 Å². The normalized spacial score (nSPS) is 14.4. The number of carboxylic acid groups (broad SMARTS) is 3. The maximum absolute atomic E-state index is 12.9. The molecule has 0 bridgehead atoms. The summed E-state index contributed by atoms with van der Waals surface area (Å²) in [6, 6.07) is -4.82. The molecule has 34 heavy (non-hydrogen) atoms. The number of nitrogens with two attached hydrogens (primary N) is 1. The second kappa shape index (κ2) is 15.9. The second-order valence-corrected chi connectivity index (χ2v) is 8.93. The quantitative estimate of drug-likeness (QED) is 0.126. The van der Waals surface area contributed by atoms with Crippen LogP contribution in [0.3, 0.4) is 0 Å². The highest BCUT2D eigenvalue weighted by atomic mass is 32.2. The summed E-state index contributed by atoms with van der Waals surface area (Å²) in [5.74, 6) is -5.95. The molecule has 0 spiro atoms. The molecular formula is C20H34N4O9S. The molecule has 0 saturated carbocycles. The molecule has 194 valence electrons. The fourth-order valence-corrected chi connectivity index (χ4v) is 3.24. The van der Waals surface area contributed by atoms with E-state index in [9.17, 15) is 33.9 Å². The molecule has 0 aromatic heterocycles. The fourth-order valence-electron chi connectivity index (χ4n) is 2.77. The first-order valence-electron chi connectivity index (χ1n) is 10.6. The number of carboxylic acids is 3. The van der Waals surface area contributed by atoms with Crippen molar-refractivity contribution in [1.82, 2.24) is 16.0 Å².